The highest BCUT2D eigenvalue weighted by Crippen LogP contribution is 2.28. The van der Waals surface area contributed by atoms with E-state index in [0.717, 1.165) is 16.5 Å². The Morgan fingerprint density at radius 2 is 2.06 bits per heavy atom. The highest BCUT2D eigenvalue weighted by Gasteiger charge is 2.28. The van der Waals surface area contributed by atoms with Crippen LogP contribution < -0.4 is 0 Å². The molecule has 0 saturated heterocycles. The molecule has 2 aromatic rings. The second-order valence-electron chi connectivity index (χ2n) is 5.56. The molecule has 0 bridgehead atoms. The molecule has 1 N–H and O–H groups in total. The summed E-state index contributed by atoms with van der Waals surface area (Å²) in [5.74, 6) is -0.757. The smallest absolute Gasteiger partial charge is 0.309 e. The SMILES string of the molecule is Cc1cc2c(CC(C)(C)C(=O)O)cccc2n1C. The number of aromatic nitrogens is 1. The average molecular weight is 245 g/mol. The molecule has 18 heavy (non-hydrogen) atoms. The van der Waals surface area contributed by atoms with Crippen LogP contribution in [0.25, 0.3) is 10.9 Å². The van der Waals surface area contributed by atoms with E-state index in [1.54, 1.807) is 13.8 Å². The van der Waals surface area contributed by atoms with Crippen molar-refractivity contribution in [2.45, 2.75) is 27.2 Å². The molecule has 3 heteroatoms. The first kappa shape index (κ1) is 12.7. The standard InChI is InChI=1S/C15H19NO2/c1-10-8-12-11(9-15(2,3)14(17)18)6-5-7-13(12)16(10)4/h5-8H,9H2,1-4H3,(H,17,18). The van der Waals surface area contributed by atoms with Crippen LogP contribution in [-0.4, -0.2) is 15.6 Å². The Balaban J connectivity index is 2.53. The fraction of sp³-hybridized carbons (Fsp3) is 0.400. The van der Waals surface area contributed by atoms with E-state index in [4.69, 9.17) is 0 Å². The predicted molar refractivity (Wildman–Crippen MR) is 72.8 cm³/mol. The number of benzene rings is 1. The van der Waals surface area contributed by atoms with Crippen molar-refractivity contribution >= 4 is 16.9 Å². The molecule has 0 aliphatic rings. The Kier molecular flexibility index (Phi) is 2.93. The van der Waals surface area contributed by atoms with E-state index in [1.807, 2.05) is 19.2 Å². The summed E-state index contributed by atoms with van der Waals surface area (Å²) in [6.07, 6.45) is 0.545. The van der Waals surface area contributed by atoms with Crippen LogP contribution in [0.4, 0.5) is 0 Å². The van der Waals surface area contributed by atoms with Gasteiger partial charge in [-0.1, -0.05) is 12.1 Å². The van der Waals surface area contributed by atoms with Gasteiger partial charge < -0.3 is 9.67 Å². The second-order valence-corrected chi connectivity index (χ2v) is 5.56. The number of hydrogen-bond donors (Lipinski definition) is 1. The Morgan fingerprint density at radius 1 is 1.39 bits per heavy atom. The zero-order chi connectivity index (χ0) is 13.5. The van der Waals surface area contributed by atoms with E-state index in [-0.39, 0.29) is 0 Å². The van der Waals surface area contributed by atoms with Crippen LogP contribution in [-0.2, 0) is 18.3 Å². The van der Waals surface area contributed by atoms with Crippen molar-refractivity contribution in [1.29, 1.82) is 0 Å². The van der Waals surface area contributed by atoms with Gasteiger partial charge >= 0.3 is 5.97 Å². The number of carbonyl (C=O) groups is 1. The second kappa shape index (κ2) is 4.16. The van der Waals surface area contributed by atoms with Crippen molar-refractivity contribution < 1.29 is 9.90 Å². The maximum absolute atomic E-state index is 11.2. The minimum Gasteiger partial charge on any atom is -0.481 e. The van der Waals surface area contributed by atoms with Gasteiger partial charge in [-0.15, -0.1) is 0 Å². The van der Waals surface area contributed by atoms with Crippen LogP contribution in [0, 0.1) is 12.3 Å². The van der Waals surface area contributed by atoms with Crippen LogP contribution in [0.1, 0.15) is 25.1 Å². The van der Waals surface area contributed by atoms with Crippen molar-refractivity contribution in [1.82, 2.24) is 4.57 Å². The molecule has 0 unspecified atom stereocenters. The molecule has 2 rings (SSSR count). The van der Waals surface area contributed by atoms with E-state index in [1.165, 1.54) is 5.69 Å². The van der Waals surface area contributed by atoms with E-state index < -0.39 is 11.4 Å². The molecule has 0 atom stereocenters. The summed E-state index contributed by atoms with van der Waals surface area (Å²) in [7, 11) is 2.03. The summed E-state index contributed by atoms with van der Waals surface area (Å²) >= 11 is 0. The van der Waals surface area contributed by atoms with E-state index in [9.17, 15) is 9.90 Å². The highest BCUT2D eigenvalue weighted by atomic mass is 16.4. The van der Waals surface area contributed by atoms with Crippen LogP contribution in [0.15, 0.2) is 24.3 Å². The van der Waals surface area contributed by atoms with Gasteiger partial charge in [0.1, 0.15) is 0 Å². The van der Waals surface area contributed by atoms with Gasteiger partial charge in [-0.3, -0.25) is 4.79 Å². The van der Waals surface area contributed by atoms with Crippen molar-refractivity contribution in [2.75, 3.05) is 0 Å². The summed E-state index contributed by atoms with van der Waals surface area (Å²) in [5.41, 5.74) is 2.71. The van der Waals surface area contributed by atoms with E-state index in [2.05, 4.69) is 23.6 Å². The number of carboxylic acid groups (broad SMARTS) is 1. The normalized spacial score (nSPS) is 12.0. The molecular formula is C15H19NO2. The van der Waals surface area contributed by atoms with Gasteiger partial charge in [0, 0.05) is 23.6 Å². The van der Waals surface area contributed by atoms with Gasteiger partial charge in [0.05, 0.1) is 5.41 Å². The number of carboxylic acids is 1. The number of rotatable bonds is 3. The lowest BCUT2D eigenvalue weighted by Gasteiger charge is -2.19. The Hall–Kier alpha value is -1.77. The molecule has 0 radical (unpaired) electrons. The fourth-order valence-corrected chi connectivity index (χ4v) is 2.26. The summed E-state index contributed by atoms with van der Waals surface area (Å²) in [6.45, 7) is 5.60. The van der Waals surface area contributed by atoms with Crippen molar-refractivity contribution in [2.24, 2.45) is 12.5 Å². The third-order valence-corrected chi connectivity index (χ3v) is 3.63. The first-order valence-corrected chi connectivity index (χ1v) is 6.10. The lowest BCUT2D eigenvalue weighted by Crippen LogP contribution is -2.26. The van der Waals surface area contributed by atoms with Crippen LogP contribution in [0.5, 0.6) is 0 Å². The highest BCUT2D eigenvalue weighted by molar-refractivity contribution is 5.85. The van der Waals surface area contributed by atoms with E-state index in [0.29, 0.717) is 6.42 Å². The number of aliphatic carboxylic acids is 1. The van der Waals surface area contributed by atoms with Gasteiger partial charge in [-0.05, 0) is 44.9 Å². The Labute approximate surface area is 107 Å². The average Bonchev–Trinajstić information content (AvgIpc) is 2.57. The van der Waals surface area contributed by atoms with Crippen molar-refractivity contribution in [3.8, 4) is 0 Å². The monoisotopic (exact) mass is 245 g/mol. The lowest BCUT2D eigenvalue weighted by atomic mass is 9.85. The largest absolute Gasteiger partial charge is 0.481 e. The molecule has 3 nitrogen and oxygen atoms in total. The Morgan fingerprint density at radius 3 is 2.67 bits per heavy atom. The number of nitrogens with zero attached hydrogens (tertiary/aromatic N) is 1. The zero-order valence-electron chi connectivity index (χ0n) is 11.3. The summed E-state index contributed by atoms with van der Waals surface area (Å²) in [5, 5.41) is 10.4. The molecule has 0 fully saturated rings. The quantitative estimate of drug-likeness (QED) is 0.902. The van der Waals surface area contributed by atoms with Gasteiger partial charge in [-0.25, -0.2) is 0 Å². The maximum atomic E-state index is 11.2. The maximum Gasteiger partial charge on any atom is 0.309 e. The minimum absolute atomic E-state index is 0.545. The molecule has 0 saturated carbocycles. The van der Waals surface area contributed by atoms with Crippen LogP contribution in [0.2, 0.25) is 0 Å². The molecule has 0 spiro atoms. The first-order chi connectivity index (χ1) is 8.33. The molecule has 96 valence electrons. The number of hydrogen-bond acceptors (Lipinski definition) is 1. The van der Waals surface area contributed by atoms with Crippen LogP contribution >= 0.6 is 0 Å². The van der Waals surface area contributed by atoms with Crippen molar-refractivity contribution in [3.63, 3.8) is 0 Å². The fourth-order valence-electron chi connectivity index (χ4n) is 2.26. The molecule has 0 amide bonds. The third-order valence-electron chi connectivity index (χ3n) is 3.63. The molecular weight excluding hydrogens is 226 g/mol. The molecule has 1 heterocycles. The summed E-state index contributed by atoms with van der Waals surface area (Å²) < 4.78 is 2.13. The molecule has 1 aromatic carbocycles. The number of aryl methyl sites for hydroxylation is 2. The molecule has 0 aliphatic carbocycles. The van der Waals surface area contributed by atoms with Gasteiger partial charge in [0.25, 0.3) is 0 Å². The molecule has 0 aliphatic heterocycles. The lowest BCUT2D eigenvalue weighted by molar-refractivity contribution is -0.146. The van der Waals surface area contributed by atoms with Crippen molar-refractivity contribution in [3.05, 3.63) is 35.5 Å². The topological polar surface area (TPSA) is 42.2 Å². The first-order valence-electron chi connectivity index (χ1n) is 6.10. The van der Waals surface area contributed by atoms with Gasteiger partial charge in [0.2, 0.25) is 0 Å². The minimum atomic E-state index is -0.757. The van der Waals surface area contributed by atoms with E-state index >= 15 is 0 Å². The summed E-state index contributed by atoms with van der Waals surface area (Å²) in [4.78, 5) is 11.2. The molecule has 1 aromatic heterocycles. The Bertz CT molecular complexity index is 608. The summed E-state index contributed by atoms with van der Waals surface area (Å²) in [6, 6.07) is 8.21. The number of fused-ring (bicyclic) bond motifs is 1. The predicted octanol–water partition coefficient (Wildman–Crippen LogP) is 3.14. The van der Waals surface area contributed by atoms with Gasteiger partial charge in [0.15, 0.2) is 0 Å². The van der Waals surface area contributed by atoms with Gasteiger partial charge in [-0.2, -0.15) is 0 Å². The van der Waals surface area contributed by atoms with Crippen LogP contribution in [0.3, 0.4) is 0 Å². The third kappa shape index (κ3) is 2.01. The zero-order valence-corrected chi connectivity index (χ0v) is 11.3.